The number of carbonyl (C=O) groups is 1. The van der Waals surface area contributed by atoms with Crippen LogP contribution in [0.3, 0.4) is 0 Å². The van der Waals surface area contributed by atoms with Crippen LogP contribution < -0.4 is 20.1 Å². The first kappa shape index (κ1) is 15.9. The average molecular weight is 313 g/mol. The van der Waals surface area contributed by atoms with Gasteiger partial charge in [-0.2, -0.15) is 0 Å². The number of amides is 1. The minimum atomic E-state index is 0. The number of carbonyl (C=O) groups excluding carboxylic acids is 1. The molecule has 1 unspecified atom stereocenters. The highest BCUT2D eigenvalue weighted by Gasteiger charge is 2.18. The summed E-state index contributed by atoms with van der Waals surface area (Å²) in [6, 6.07) is 5.80. The largest absolute Gasteiger partial charge is 0.486 e. The number of fused-ring (bicyclic) bond motifs is 1. The van der Waals surface area contributed by atoms with Crippen LogP contribution in [0.15, 0.2) is 18.2 Å². The van der Waals surface area contributed by atoms with Gasteiger partial charge in [0.2, 0.25) is 5.91 Å². The molecule has 6 heteroatoms. The van der Waals surface area contributed by atoms with E-state index in [-0.39, 0.29) is 18.3 Å². The Morgan fingerprint density at radius 2 is 2.10 bits per heavy atom. The fourth-order valence-corrected chi connectivity index (χ4v) is 2.62. The van der Waals surface area contributed by atoms with Gasteiger partial charge in [-0.1, -0.05) is 6.07 Å². The highest BCUT2D eigenvalue weighted by molar-refractivity contribution is 5.85. The molecule has 0 aliphatic carbocycles. The molecule has 2 heterocycles. The van der Waals surface area contributed by atoms with Crippen LogP contribution in [-0.4, -0.2) is 32.2 Å². The molecule has 1 amide bonds. The van der Waals surface area contributed by atoms with Crippen molar-refractivity contribution >= 4 is 18.3 Å². The molecule has 2 N–H and O–H groups in total. The molecule has 1 saturated heterocycles. The van der Waals surface area contributed by atoms with E-state index in [1.165, 1.54) is 0 Å². The van der Waals surface area contributed by atoms with E-state index in [9.17, 15) is 4.79 Å². The maximum Gasteiger partial charge on any atom is 0.220 e. The molecule has 2 aliphatic rings. The van der Waals surface area contributed by atoms with Crippen LogP contribution in [0.5, 0.6) is 11.5 Å². The van der Waals surface area contributed by atoms with Crippen molar-refractivity contribution in [3.8, 4) is 11.5 Å². The summed E-state index contributed by atoms with van der Waals surface area (Å²) in [5.74, 6) is 2.15. The molecule has 1 fully saturated rings. The molecule has 5 nitrogen and oxygen atoms in total. The molecule has 1 aromatic carbocycles. The third kappa shape index (κ3) is 4.25. The zero-order valence-electron chi connectivity index (χ0n) is 11.9. The Kier molecular flexibility index (Phi) is 5.70. The number of hydrogen-bond acceptors (Lipinski definition) is 4. The highest BCUT2D eigenvalue weighted by Crippen LogP contribution is 2.30. The minimum absolute atomic E-state index is 0. The van der Waals surface area contributed by atoms with E-state index in [1.54, 1.807) is 0 Å². The molecule has 1 atom stereocenters. The van der Waals surface area contributed by atoms with Crippen LogP contribution in [0.25, 0.3) is 0 Å². The molecule has 2 aliphatic heterocycles. The van der Waals surface area contributed by atoms with Gasteiger partial charge in [-0.25, -0.2) is 0 Å². The molecule has 0 saturated carbocycles. The lowest BCUT2D eigenvalue weighted by Crippen LogP contribution is -2.26. The first-order chi connectivity index (χ1) is 9.81. The van der Waals surface area contributed by atoms with Crippen molar-refractivity contribution in [3.05, 3.63) is 23.8 Å². The molecule has 116 valence electrons. The second-order valence-corrected chi connectivity index (χ2v) is 5.32. The fourth-order valence-electron chi connectivity index (χ4n) is 2.62. The van der Waals surface area contributed by atoms with Crippen molar-refractivity contribution in [2.45, 2.75) is 19.4 Å². The molecule has 0 bridgehead atoms. The van der Waals surface area contributed by atoms with Crippen molar-refractivity contribution in [1.29, 1.82) is 0 Å². The number of nitrogens with one attached hydrogen (secondary N) is 2. The quantitative estimate of drug-likeness (QED) is 0.884. The van der Waals surface area contributed by atoms with E-state index in [2.05, 4.69) is 10.6 Å². The monoisotopic (exact) mass is 312 g/mol. The van der Waals surface area contributed by atoms with Crippen molar-refractivity contribution in [2.24, 2.45) is 5.92 Å². The zero-order chi connectivity index (χ0) is 13.8. The predicted molar refractivity (Wildman–Crippen MR) is 82.1 cm³/mol. The Morgan fingerprint density at radius 1 is 1.29 bits per heavy atom. The van der Waals surface area contributed by atoms with Gasteiger partial charge < -0.3 is 20.1 Å². The van der Waals surface area contributed by atoms with E-state index in [1.807, 2.05) is 18.2 Å². The Hall–Kier alpha value is -1.46. The zero-order valence-corrected chi connectivity index (χ0v) is 12.7. The van der Waals surface area contributed by atoms with Gasteiger partial charge in [0, 0.05) is 13.0 Å². The van der Waals surface area contributed by atoms with E-state index in [0.29, 0.717) is 32.1 Å². The normalized spacial score (nSPS) is 19.7. The third-order valence-corrected chi connectivity index (χ3v) is 3.73. The summed E-state index contributed by atoms with van der Waals surface area (Å²) in [6.45, 7) is 3.70. The van der Waals surface area contributed by atoms with Gasteiger partial charge in [-0.3, -0.25) is 4.79 Å². The van der Waals surface area contributed by atoms with Crippen molar-refractivity contribution < 1.29 is 14.3 Å². The lowest BCUT2D eigenvalue weighted by molar-refractivity contribution is -0.122. The standard InChI is InChI=1S/C15H20N2O3.ClH/c18-15(8-12-3-4-16-9-12)17-10-11-1-2-13-14(7-11)20-6-5-19-13;/h1-2,7,12,16H,3-6,8-10H2,(H,17,18);1H. The second kappa shape index (κ2) is 7.52. The van der Waals surface area contributed by atoms with Gasteiger partial charge in [-0.05, 0) is 43.1 Å². The maximum atomic E-state index is 11.9. The third-order valence-electron chi connectivity index (χ3n) is 3.73. The summed E-state index contributed by atoms with van der Waals surface area (Å²) in [5.41, 5.74) is 1.03. The van der Waals surface area contributed by atoms with Gasteiger partial charge in [0.1, 0.15) is 13.2 Å². The molecular weight excluding hydrogens is 292 g/mol. The van der Waals surface area contributed by atoms with E-state index in [0.717, 1.165) is 36.6 Å². The van der Waals surface area contributed by atoms with Gasteiger partial charge in [0.25, 0.3) is 0 Å². The Bertz CT molecular complexity index is 490. The van der Waals surface area contributed by atoms with E-state index in [4.69, 9.17) is 9.47 Å². The van der Waals surface area contributed by atoms with Gasteiger partial charge in [-0.15, -0.1) is 12.4 Å². The van der Waals surface area contributed by atoms with Crippen molar-refractivity contribution in [2.75, 3.05) is 26.3 Å². The number of hydrogen-bond donors (Lipinski definition) is 2. The fraction of sp³-hybridized carbons (Fsp3) is 0.533. The predicted octanol–water partition coefficient (Wildman–Crippen LogP) is 1.50. The lowest BCUT2D eigenvalue weighted by atomic mass is 10.0. The second-order valence-electron chi connectivity index (χ2n) is 5.32. The number of ether oxygens (including phenoxy) is 2. The molecule has 21 heavy (non-hydrogen) atoms. The Labute approximate surface area is 130 Å². The molecule has 0 aromatic heterocycles. The smallest absolute Gasteiger partial charge is 0.220 e. The van der Waals surface area contributed by atoms with Crippen LogP contribution in [-0.2, 0) is 11.3 Å². The maximum absolute atomic E-state index is 11.9. The van der Waals surface area contributed by atoms with E-state index < -0.39 is 0 Å². The number of benzene rings is 1. The SMILES string of the molecule is Cl.O=C(CC1CCNC1)NCc1ccc2c(c1)OCCO2. The molecule has 0 radical (unpaired) electrons. The summed E-state index contributed by atoms with van der Waals surface area (Å²) in [6.07, 6.45) is 1.70. The molecule has 1 aromatic rings. The van der Waals surface area contributed by atoms with Crippen molar-refractivity contribution in [1.82, 2.24) is 10.6 Å². The highest BCUT2D eigenvalue weighted by atomic mass is 35.5. The summed E-state index contributed by atoms with van der Waals surface area (Å²) < 4.78 is 11.0. The van der Waals surface area contributed by atoms with Crippen LogP contribution in [0.1, 0.15) is 18.4 Å². The van der Waals surface area contributed by atoms with Gasteiger partial charge in [0.05, 0.1) is 0 Å². The van der Waals surface area contributed by atoms with Crippen LogP contribution in [0, 0.1) is 5.92 Å². The lowest BCUT2D eigenvalue weighted by Gasteiger charge is -2.19. The van der Waals surface area contributed by atoms with Gasteiger partial charge >= 0.3 is 0 Å². The summed E-state index contributed by atoms with van der Waals surface area (Å²) in [4.78, 5) is 11.9. The summed E-state index contributed by atoms with van der Waals surface area (Å²) in [7, 11) is 0. The first-order valence-corrected chi connectivity index (χ1v) is 7.17. The number of rotatable bonds is 4. The molecule has 0 spiro atoms. The number of halogens is 1. The van der Waals surface area contributed by atoms with Crippen molar-refractivity contribution in [3.63, 3.8) is 0 Å². The van der Waals surface area contributed by atoms with Gasteiger partial charge in [0.15, 0.2) is 11.5 Å². The van der Waals surface area contributed by atoms with Crippen LogP contribution >= 0.6 is 12.4 Å². The topological polar surface area (TPSA) is 59.6 Å². The van der Waals surface area contributed by atoms with Crippen LogP contribution in [0.2, 0.25) is 0 Å². The minimum Gasteiger partial charge on any atom is -0.486 e. The van der Waals surface area contributed by atoms with E-state index >= 15 is 0 Å². The molecular formula is C15H21ClN2O3. The Balaban J connectivity index is 0.00000161. The van der Waals surface area contributed by atoms with Crippen LogP contribution in [0.4, 0.5) is 0 Å². The Morgan fingerprint density at radius 3 is 2.86 bits per heavy atom. The summed E-state index contributed by atoms with van der Waals surface area (Å²) >= 11 is 0. The summed E-state index contributed by atoms with van der Waals surface area (Å²) in [5, 5.41) is 6.24. The first-order valence-electron chi connectivity index (χ1n) is 7.17. The average Bonchev–Trinajstić information content (AvgIpc) is 2.98. The molecule has 3 rings (SSSR count).